The number of nitrogens with zero attached hydrogens (tertiary/aromatic N) is 4. The predicted octanol–water partition coefficient (Wildman–Crippen LogP) is 2.45. The molecule has 5 nitrogen and oxygen atoms in total. The predicted molar refractivity (Wildman–Crippen MR) is 69.8 cm³/mol. The SMILES string of the molecule is CNc1nc(C)nc(Sc2nc(C)ns2)c1C. The molecule has 2 aromatic heterocycles. The summed E-state index contributed by atoms with van der Waals surface area (Å²) in [5.41, 5.74) is 1.04. The lowest BCUT2D eigenvalue weighted by Gasteiger charge is -2.08. The average Bonchev–Trinajstić information content (AvgIpc) is 2.69. The van der Waals surface area contributed by atoms with Gasteiger partial charge in [0.1, 0.15) is 22.5 Å². The van der Waals surface area contributed by atoms with Crippen molar-refractivity contribution >= 4 is 29.1 Å². The number of nitrogens with one attached hydrogen (secondary N) is 1. The molecule has 0 atom stereocenters. The third-order valence-electron chi connectivity index (χ3n) is 2.14. The van der Waals surface area contributed by atoms with Gasteiger partial charge < -0.3 is 5.32 Å². The van der Waals surface area contributed by atoms with Gasteiger partial charge in [-0.25, -0.2) is 15.0 Å². The van der Waals surface area contributed by atoms with Crippen LogP contribution in [-0.2, 0) is 0 Å². The molecular formula is C10H13N5S2. The maximum atomic E-state index is 4.44. The molecule has 7 heteroatoms. The van der Waals surface area contributed by atoms with E-state index in [4.69, 9.17) is 0 Å². The Labute approximate surface area is 108 Å². The van der Waals surface area contributed by atoms with E-state index in [-0.39, 0.29) is 0 Å². The van der Waals surface area contributed by atoms with E-state index in [0.717, 1.165) is 32.4 Å². The van der Waals surface area contributed by atoms with Gasteiger partial charge in [0, 0.05) is 12.6 Å². The highest BCUT2D eigenvalue weighted by Gasteiger charge is 2.11. The van der Waals surface area contributed by atoms with Crippen LogP contribution in [0.3, 0.4) is 0 Å². The Kier molecular flexibility index (Phi) is 3.58. The van der Waals surface area contributed by atoms with Crippen molar-refractivity contribution in [2.24, 2.45) is 0 Å². The summed E-state index contributed by atoms with van der Waals surface area (Å²) in [6, 6.07) is 0. The smallest absolute Gasteiger partial charge is 0.176 e. The lowest BCUT2D eigenvalue weighted by atomic mass is 10.3. The first-order chi connectivity index (χ1) is 8.10. The van der Waals surface area contributed by atoms with E-state index in [9.17, 15) is 0 Å². The fraction of sp³-hybridized carbons (Fsp3) is 0.400. The van der Waals surface area contributed by atoms with E-state index in [0.29, 0.717) is 0 Å². The van der Waals surface area contributed by atoms with Crippen LogP contribution in [0.25, 0.3) is 0 Å². The summed E-state index contributed by atoms with van der Waals surface area (Å²) in [7, 11) is 1.86. The Morgan fingerprint density at radius 1 is 1.06 bits per heavy atom. The summed E-state index contributed by atoms with van der Waals surface area (Å²) in [4.78, 5) is 13.1. The summed E-state index contributed by atoms with van der Waals surface area (Å²) in [6.45, 7) is 5.77. The number of rotatable bonds is 3. The molecule has 90 valence electrons. The first-order valence-electron chi connectivity index (χ1n) is 5.11. The monoisotopic (exact) mass is 267 g/mol. The van der Waals surface area contributed by atoms with Gasteiger partial charge in [0.05, 0.1) is 0 Å². The number of hydrogen-bond acceptors (Lipinski definition) is 7. The zero-order chi connectivity index (χ0) is 12.4. The Hall–Kier alpha value is -1.21. The van der Waals surface area contributed by atoms with Crippen LogP contribution in [0.2, 0.25) is 0 Å². The fourth-order valence-electron chi connectivity index (χ4n) is 1.35. The van der Waals surface area contributed by atoms with Gasteiger partial charge in [-0.1, -0.05) is 0 Å². The van der Waals surface area contributed by atoms with Crippen LogP contribution in [0.1, 0.15) is 17.2 Å². The standard InChI is InChI=1S/C10H13N5S2/c1-5-8(11-4)12-6(2)13-9(5)16-10-14-7(3)15-17-10/h1-4H3,(H,11,12,13). The minimum absolute atomic E-state index is 0.753. The van der Waals surface area contributed by atoms with Gasteiger partial charge in [-0.05, 0) is 44.1 Å². The van der Waals surface area contributed by atoms with Crippen molar-refractivity contribution in [3.8, 4) is 0 Å². The summed E-state index contributed by atoms with van der Waals surface area (Å²) in [5, 5.41) is 4.00. The molecule has 2 aromatic rings. The van der Waals surface area contributed by atoms with Crippen LogP contribution >= 0.6 is 23.3 Å². The van der Waals surface area contributed by atoms with E-state index >= 15 is 0 Å². The topological polar surface area (TPSA) is 63.6 Å². The zero-order valence-corrected chi connectivity index (χ0v) is 11.7. The fourth-order valence-corrected chi connectivity index (χ4v) is 3.04. The molecule has 0 saturated heterocycles. The Morgan fingerprint density at radius 3 is 2.41 bits per heavy atom. The molecule has 0 bridgehead atoms. The van der Waals surface area contributed by atoms with Gasteiger partial charge in [0.15, 0.2) is 4.34 Å². The first kappa shape index (κ1) is 12.3. The molecule has 0 amide bonds. The number of hydrogen-bond donors (Lipinski definition) is 1. The van der Waals surface area contributed by atoms with Gasteiger partial charge in [-0.15, -0.1) is 0 Å². The quantitative estimate of drug-likeness (QED) is 0.862. The maximum absolute atomic E-state index is 4.44. The van der Waals surface area contributed by atoms with Crippen molar-refractivity contribution in [3.63, 3.8) is 0 Å². The molecule has 2 heterocycles. The summed E-state index contributed by atoms with van der Waals surface area (Å²) >= 11 is 2.93. The Morgan fingerprint density at radius 2 is 1.82 bits per heavy atom. The lowest BCUT2D eigenvalue weighted by Crippen LogP contribution is -2.01. The summed E-state index contributed by atoms with van der Waals surface area (Å²) < 4.78 is 5.07. The largest absolute Gasteiger partial charge is 0.373 e. The van der Waals surface area contributed by atoms with Crippen LogP contribution in [-0.4, -0.2) is 26.4 Å². The maximum Gasteiger partial charge on any atom is 0.176 e. The molecule has 0 saturated carbocycles. The van der Waals surface area contributed by atoms with Gasteiger partial charge in [-0.2, -0.15) is 4.37 Å². The molecule has 2 rings (SSSR count). The zero-order valence-electron chi connectivity index (χ0n) is 10.1. The highest BCUT2D eigenvalue weighted by Crippen LogP contribution is 2.31. The molecule has 0 fully saturated rings. The molecule has 0 spiro atoms. The molecular weight excluding hydrogens is 254 g/mol. The van der Waals surface area contributed by atoms with Gasteiger partial charge >= 0.3 is 0 Å². The molecule has 0 radical (unpaired) electrons. The highest BCUT2D eigenvalue weighted by atomic mass is 32.2. The van der Waals surface area contributed by atoms with Crippen LogP contribution in [0.15, 0.2) is 9.37 Å². The Bertz CT molecular complexity index is 537. The van der Waals surface area contributed by atoms with Crippen LogP contribution in [0, 0.1) is 20.8 Å². The second kappa shape index (κ2) is 4.97. The molecule has 0 aliphatic carbocycles. The highest BCUT2D eigenvalue weighted by molar-refractivity contribution is 8.00. The van der Waals surface area contributed by atoms with Crippen molar-refractivity contribution in [2.75, 3.05) is 12.4 Å². The van der Waals surface area contributed by atoms with E-state index in [2.05, 4.69) is 24.6 Å². The van der Waals surface area contributed by atoms with E-state index < -0.39 is 0 Å². The normalized spacial score (nSPS) is 10.6. The number of anilines is 1. The van der Waals surface area contributed by atoms with Crippen LogP contribution in [0.4, 0.5) is 5.82 Å². The number of aryl methyl sites for hydroxylation is 2. The van der Waals surface area contributed by atoms with Crippen LogP contribution in [0.5, 0.6) is 0 Å². The molecule has 0 aliphatic heterocycles. The minimum Gasteiger partial charge on any atom is -0.373 e. The summed E-state index contributed by atoms with van der Waals surface area (Å²) in [6.07, 6.45) is 0. The first-order valence-corrected chi connectivity index (χ1v) is 6.70. The van der Waals surface area contributed by atoms with Gasteiger partial charge in [0.25, 0.3) is 0 Å². The average molecular weight is 267 g/mol. The van der Waals surface area contributed by atoms with Crippen LogP contribution < -0.4 is 5.32 Å². The number of aromatic nitrogens is 4. The van der Waals surface area contributed by atoms with Crippen molar-refractivity contribution in [1.29, 1.82) is 0 Å². The second-order valence-corrected chi connectivity index (χ2v) is 5.50. The third-order valence-corrected chi connectivity index (χ3v) is 4.08. The molecule has 0 aliphatic rings. The van der Waals surface area contributed by atoms with E-state index in [1.165, 1.54) is 23.3 Å². The summed E-state index contributed by atoms with van der Waals surface area (Å²) in [5.74, 6) is 2.42. The molecule has 17 heavy (non-hydrogen) atoms. The van der Waals surface area contributed by atoms with Crippen molar-refractivity contribution < 1.29 is 0 Å². The van der Waals surface area contributed by atoms with E-state index in [1.54, 1.807) is 0 Å². The van der Waals surface area contributed by atoms with Gasteiger partial charge in [0.2, 0.25) is 0 Å². The van der Waals surface area contributed by atoms with Crippen molar-refractivity contribution in [2.45, 2.75) is 30.1 Å². The Balaban J connectivity index is 2.35. The molecule has 0 unspecified atom stereocenters. The van der Waals surface area contributed by atoms with Crippen molar-refractivity contribution in [1.82, 2.24) is 19.3 Å². The molecule has 1 N–H and O–H groups in total. The molecule has 0 aromatic carbocycles. The second-order valence-electron chi connectivity index (χ2n) is 3.51. The minimum atomic E-state index is 0.753. The third kappa shape index (κ3) is 2.73. The van der Waals surface area contributed by atoms with Crippen molar-refractivity contribution in [3.05, 3.63) is 17.2 Å². The lowest BCUT2D eigenvalue weighted by molar-refractivity contribution is 0.939. The van der Waals surface area contributed by atoms with Gasteiger partial charge in [-0.3, -0.25) is 0 Å². The van der Waals surface area contributed by atoms with E-state index in [1.807, 2.05) is 27.8 Å².